The van der Waals surface area contributed by atoms with E-state index in [1.54, 1.807) is 37.3 Å². The average Bonchev–Trinajstić information content (AvgIpc) is 3.38. The molecule has 192 valence electrons. The molecule has 0 aliphatic carbocycles. The maximum absolute atomic E-state index is 13.3. The Morgan fingerprint density at radius 2 is 1.89 bits per heavy atom. The van der Waals surface area contributed by atoms with Gasteiger partial charge in [-0.05, 0) is 60.4 Å². The lowest BCUT2D eigenvalue weighted by molar-refractivity contribution is -0.118. The SMILES string of the molecule is Cc1cc(C[C@H](NS(=O)(=O)c2cccc(Cl)c2)c2nc3ccccc3[nH]2)ccc1[C@@H]1CC(=O)NS1(=O)=O. The van der Waals surface area contributed by atoms with E-state index < -0.39 is 37.2 Å². The number of nitrogens with one attached hydrogen (secondary N) is 3. The highest BCUT2D eigenvalue weighted by atomic mass is 35.5. The summed E-state index contributed by atoms with van der Waals surface area (Å²) in [6.45, 7) is 1.77. The highest BCUT2D eigenvalue weighted by Crippen LogP contribution is 2.33. The normalized spacial score (nSPS) is 18.1. The van der Waals surface area contributed by atoms with E-state index in [0.29, 0.717) is 27.5 Å². The molecule has 3 N–H and O–H groups in total. The fraction of sp³-hybridized carbons (Fsp3) is 0.200. The van der Waals surface area contributed by atoms with Crippen molar-refractivity contribution < 1.29 is 21.6 Å². The second kappa shape index (κ2) is 9.56. The first-order valence-corrected chi connectivity index (χ1v) is 14.8. The van der Waals surface area contributed by atoms with Crippen molar-refractivity contribution in [2.24, 2.45) is 0 Å². The fourth-order valence-electron chi connectivity index (χ4n) is 4.51. The second-order valence-electron chi connectivity index (χ2n) is 8.93. The van der Waals surface area contributed by atoms with E-state index >= 15 is 0 Å². The first-order valence-electron chi connectivity index (χ1n) is 11.4. The van der Waals surface area contributed by atoms with Gasteiger partial charge in [-0.3, -0.25) is 9.52 Å². The Morgan fingerprint density at radius 3 is 2.57 bits per heavy atom. The molecule has 4 aromatic rings. The van der Waals surface area contributed by atoms with Gasteiger partial charge < -0.3 is 4.98 Å². The molecule has 0 bridgehead atoms. The van der Waals surface area contributed by atoms with E-state index in [2.05, 4.69) is 14.7 Å². The van der Waals surface area contributed by atoms with Crippen LogP contribution in [-0.4, -0.2) is 32.7 Å². The minimum absolute atomic E-state index is 0.0243. The van der Waals surface area contributed by atoms with Crippen molar-refractivity contribution in [1.29, 1.82) is 0 Å². The standard InChI is InChI=1S/C25H23ClN4O5S2/c1-15-11-16(9-10-19(15)23-14-24(31)30-37(23,34)35)12-22(25-27-20-7-2-3-8-21(20)28-25)29-36(32,33)18-6-4-5-17(26)13-18/h2-11,13,22-23,29H,12,14H2,1H3,(H,27,28)(H,30,31)/t22-,23-/m0/s1. The third-order valence-corrected chi connectivity index (χ3v) is 9.65. The van der Waals surface area contributed by atoms with Gasteiger partial charge in [-0.2, -0.15) is 0 Å². The molecule has 12 heteroatoms. The molecule has 1 aromatic heterocycles. The number of sulfonamides is 2. The summed E-state index contributed by atoms with van der Waals surface area (Å²) < 4.78 is 56.0. The largest absolute Gasteiger partial charge is 0.341 e. The first kappa shape index (κ1) is 25.4. The molecule has 9 nitrogen and oxygen atoms in total. The van der Waals surface area contributed by atoms with Crippen molar-refractivity contribution in [1.82, 2.24) is 19.4 Å². The van der Waals surface area contributed by atoms with Crippen LogP contribution in [0.1, 0.15) is 40.2 Å². The van der Waals surface area contributed by atoms with Gasteiger partial charge in [-0.1, -0.05) is 48.0 Å². The number of carbonyl (C=O) groups excluding carboxylic acids is 1. The zero-order valence-electron chi connectivity index (χ0n) is 19.6. The number of hydrogen-bond acceptors (Lipinski definition) is 6. The zero-order chi connectivity index (χ0) is 26.4. The van der Waals surface area contributed by atoms with Crippen LogP contribution in [0.25, 0.3) is 11.0 Å². The molecule has 5 rings (SSSR count). The van der Waals surface area contributed by atoms with Gasteiger partial charge in [0.15, 0.2) is 0 Å². The zero-order valence-corrected chi connectivity index (χ0v) is 22.0. The number of aryl methyl sites for hydroxylation is 1. The van der Waals surface area contributed by atoms with Gasteiger partial charge in [0.05, 0.1) is 28.4 Å². The predicted octanol–water partition coefficient (Wildman–Crippen LogP) is 3.68. The number of amides is 1. The van der Waals surface area contributed by atoms with Crippen LogP contribution in [0.5, 0.6) is 0 Å². The number of halogens is 1. The maximum Gasteiger partial charge on any atom is 0.242 e. The molecule has 0 saturated carbocycles. The summed E-state index contributed by atoms with van der Waals surface area (Å²) in [5, 5.41) is -0.661. The number of hydrogen-bond donors (Lipinski definition) is 3. The summed E-state index contributed by atoms with van der Waals surface area (Å²) in [6.07, 6.45) is 0.0961. The molecule has 1 amide bonds. The number of carbonyl (C=O) groups is 1. The molecule has 1 aliphatic heterocycles. The average molecular weight is 559 g/mol. The van der Waals surface area contributed by atoms with Crippen LogP contribution in [0.15, 0.2) is 71.6 Å². The van der Waals surface area contributed by atoms with E-state index in [1.165, 1.54) is 12.1 Å². The molecule has 37 heavy (non-hydrogen) atoms. The van der Waals surface area contributed by atoms with Crippen molar-refractivity contribution in [3.05, 3.63) is 94.3 Å². The number of H-pyrrole nitrogens is 1. The van der Waals surface area contributed by atoms with Crippen molar-refractivity contribution in [2.75, 3.05) is 0 Å². The van der Waals surface area contributed by atoms with Gasteiger partial charge in [0.1, 0.15) is 11.1 Å². The molecule has 0 spiro atoms. The van der Waals surface area contributed by atoms with Crippen LogP contribution in [0.4, 0.5) is 0 Å². The Hall–Kier alpha value is -3.25. The Kier molecular flexibility index (Phi) is 6.57. The maximum atomic E-state index is 13.3. The summed E-state index contributed by atoms with van der Waals surface area (Å²) >= 11 is 6.02. The van der Waals surface area contributed by atoms with Gasteiger partial charge in [0.2, 0.25) is 26.0 Å². The second-order valence-corrected chi connectivity index (χ2v) is 12.9. The van der Waals surface area contributed by atoms with Crippen molar-refractivity contribution in [2.45, 2.75) is 36.0 Å². The number of fused-ring (bicyclic) bond motifs is 1. The fourth-order valence-corrected chi connectivity index (χ4v) is 7.52. The molecule has 3 aromatic carbocycles. The van der Waals surface area contributed by atoms with E-state index in [4.69, 9.17) is 11.6 Å². The molecular formula is C25H23ClN4O5S2. The molecule has 2 heterocycles. The van der Waals surface area contributed by atoms with Crippen LogP contribution in [0, 0.1) is 6.92 Å². The lowest BCUT2D eigenvalue weighted by Crippen LogP contribution is -2.31. The van der Waals surface area contributed by atoms with Crippen LogP contribution < -0.4 is 9.44 Å². The van der Waals surface area contributed by atoms with Gasteiger partial charge in [0.25, 0.3) is 0 Å². The number of imidazole rings is 1. The van der Waals surface area contributed by atoms with Crippen molar-refractivity contribution in [3.8, 4) is 0 Å². The number of para-hydroxylation sites is 2. The highest BCUT2D eigenvalue weighted by molar-refractivity contribution is 7.90. The summed E-state index contributed by atoms with van der Waals surface area (Å²) in [4.78, 5) is 19.5. The number of aromatic nitrogens is 2. The Morgan fingerprint density at radius 1 is 1.11 bits per heavy atom. The monoisotopic (exact) mass is 558 g/mol. The molecule has 1 fully saturated rings. The molecule has 0 unspecified atom stereocenters. The number of rotatable bonds is 7. The lowest BCUT2D eigenvalue weighted by Gasteiger charge is -2.19. The predicted molar refractivity (Wildman–Crippen MR) is 140 cm³/mol. The minimum Gasteiger partial charge on any atom is -0.341 e. The molecule has 1 aliphatic rings. The lowest BCUT2D eigenvalue weighted by atomic mass is 9.97. The number of nitrogens with zero attached hydrogens (tertiary/aromatic N) is 1. The van der Waals surface area contributed by atoms with Crippen LogP contribution in [0.3, 0.4) is 0 Å². The Balaban J connectivity index is 1.50. The quantitative estimate of drug-likeness (QED) is 0.316. The van der Waals surface area contributed by atoms with Crippen molar-refractivity contribution in [3.63, 3.8) is 0 Å². The number of aromatic amines is 1. The van der Waals surface area contributed by atoms with E-state index in [-0.39, 0.29) is 17.7 Å². The third kappa shape index (κ3) is 5.26. The Labute approximate surface area is 219 Å². The summed E-state index contributed by atoms with van der Waals surface area (Å²) in [5.41, 5.74) is 3.43. The highest BCUT2D eigenvalue weighted by Gasteiger charge is 2.38. The van der Waals surface area contributed by atoms with Gasteiger partial charge >= 0.3 is 0 Å². The number of benzene rings is 3. The summed E-state index contributed by atoms with van der Waals surface area (Å²) in [7, 11) is -7.74. The summed E-state index contributed by atoms with van der Waals surface area (Å²) in [6, 6.07) is 17.8. The molecule has 2 atom stereocenters. The van der Waals surface area contributed by atoms with E-state index in [1.807, 2.05) is 29.0 Å². The van der Waals surface area contributed by atoms with Gasteiger partial charge in [-0.25, -0.2) is 26.5 Å². The molecular weight excluding hydrogens is 536 g/mol. The van der Waals surface area contributed by atoms with E-state index in [0.717, 1.165) is 11.1 Å². The topological polar surface area (TPSA) is 138 Å². The first-order chi connectivity index (χ1) is 17.5. The third-order valence-electron chi connectivity index (χ3n) is 6.26. The van der Waals surface area contributed by atoms with Crippen molar-refractivity contribution >= 4 is 48.6 Å². The van der Waals surface area contributed by atoms with Crippen LogP contribution in [-0.2, 0) is 31.3 Å². The Bertz CT molecular complexity index is 1700. The minimum atomic E-state index is -3.96. The summed E-state index contributed by atoms with van der Waals surface area (Å²) in [5.74, 6) is -0.101. The molecule has 1 saturated heterocycles. The van der Waals surface area contributed by atoms with E-state index in [9.17, 15) is 21.6 Å². The van der Waals surface area contributed by atoms with Crippen LogP contribution >= 0.6 is 11.6 Å². The van der Waals surface area contributed by atoms with Gasteiger partial charge in [0, 0.05) is 5.02 Å². The molecule has 0 radical (unpaired) electrons. The van der Waals surface area contributed by atoms with Crippen LogP contribution in [0.2, 0.25) is 5.02 Å². The smallest absolute Gasteiger partial charge is 0.242 e. The van der Waals surface area contributed by atoms with Gasteiger partial charge in [-0.15, -0.1) is 0 Å².